The van der Waals surface area contributed by atoms with Gasteiger partial charge in [-0.05, 0) is 18.2 Å². The lowest BCUT2D eigenvalue weighted by Crippen LogP contribution is -2.41. The molecular weight excluding hydrogens is 373 g/mol. The third-order valence-corrected chi connectivity index (χ3v) is 3.90. The van der Waals surface area contributed by atoms with Gasteiger partial charge in [0.25, 0.3) is 5.91 Å². The van der Waals surface area contributed by atoms with Gasteiger partial charge < -0.3 is 15.0 Å². The van der Waals surface area contributed by atoms with Crippen molar-refractivity contribution in [2.75, 3.05) is 31.6 Å². The van der Waals surface area contributed by atoms with Crippen LogP contribution in [0.2, 0.25) is 5.02 Å². The van der Waals surface area contributed by atoms with Crippen LogP contribution in [0.3, 0.4) is 0 Å². The Kier molecular flexibility index (Phi) is 5.28. The maximum absolute atomic E-state index is 13.4. The van der Waals surface area contributed by atoms with E-state index in [1.165, 1.54) is 11.0 Å². The van der Waals surface area contributed by atoms with E-state index in [4.69, 9.17) is 16.3 Å². The molecule has 26 heavy (non-hydrogen) atoms. The molecule has 1 aromatic carbocycles. The van der Waals surface area contributed by atoms with Gasteiger partial charge in [-0.2, -0.15) is 13.2 Å². The number of rotatable bonds is 3. The average Bonchev–Trinajstić information content (AvgIpc) is 2.61. The standard InChI is InChI=1S/C16H14ClF3N4O2/c17-10-2-1-3-11(8-10)22-15-21-9-12(13(23-15)16(18,19)20)14(25)24-4-6-26-7-5-24/h1-3,8-9H,4-7H2,(H,21,22,23). The number of hydrogen-bond acceptors (Lipinski definition) is 5. The van der Waals surface area contributed by atoms with E-state index in [1.807, 2.05) is 0 Å². The summed E-state index contributed by atoms with van der Waals surface area (Å²) in [6.07, 6.45) is -3.91. The Bertz CT molecular complexity index is 810. The van der Waals surface area contributed by atoms with Crippen LogP contribution in [0.5, 0.6) is 0 Å². The predicted molar refractivity (Wildman–Crippen MR) is 88.5 cm³/mol. The number of nitrogens with one attached hydrogen (secondary N) is 1. The molecule has 1 aliphatic rings. The number of anilines is 2. The van der Waals surface area contributed by atoms with Gasteiger partial charge in [0.05, 0.1) is 18.8 Å². The summed E-state index contributed by atoms with van der Waals surface area (Å²) in [4.78, 5) is 21.1. The molecule has 0 atom stereocenters. The Hall–Kier alpha value is -2.39. The zero-order chi connectivity index (χ0) is 18.7. The smallest absolute Gasteiger partial charge is 0.378 e. The Morgan fingerprint density at radius 2 is 2.00 bits per heavy atom. The van der Waals surface area contributed by atoms with Crippen molar-refractivity contribution in [1.29, 1.82) is 0 Å². The molecule has 1 aromatic heterocycles. The lowest BCUT2D eigenvalue weighted by atomic mass is 10.2. The van der Waals surface area contributed by atoms with E-state index in [0.29, 0.717) is 10.7 Å². The fourth-order valence-electron chi connectivity index (χ4n) is 2.45. The molecule has 2 heterocycles. The minimum atomic E-state index is -4.80. The van der Waals surface area contributed by atoms with Crippen LogP contribution < -0.4 is 5.32 Å². The van der Waals surface area contributed by atoms with E-state index in [-0.39, 0.29) is 32.3 Å². The topological polar surface area (TPSA) is 67.4 Å². The number of halogens is 4. The molecule has 2 aromatic rings. The maximum atomic E-state index is 13.4. The van der Waals surface area contributed by atoms with Gasteiger partial charge in [0.15, 0.2) is 5.69 Å². The first-order valence-corrected chi connectivity index (χ1v) is 8.06. The summed E-state index contributed by atoms with van der Waals surface area (Å²) < 4.78 is 45.4. The molecule has 0 saturated carbocycles. The van der Waals surface area contributed by atoms with Crippen molar-refractivity contribution in [2.45, 2.75) is 6.18 Å². The molecule has 3 rings (SSSR count). The summed E-state index contributed by atoms with van der Waals surface area (Å²) in [5.41, 5.74) is -1.44. The van der Waals surface area contributed by atoms with Crippen LogP contribution in [0.4, 0.5) is 24.8 Å². The minimum Gasteiger partial charge on any atom is -0.378 e. The summed E-state index contributed by atoms with van der Waals surface area (Å²) in [5.74, 6) is -1.05. The third kappa shape index (κ3) is 4.23. The highest BCUT2D eigenvalue weighted by Gasteiger charge is 2.39. The Balaban J connectivity index is 1.92. The van der Waals surface area contributed by atoms with Gasteiger partial charge in [-0.25, -0.2) is 9.97 Å². The number of aromatic nitrogens is 2. The zero-order valence-electron chi connectivity index (χ0n) is 13.4. The quantitative estimate of drug-likeness (QED) is 0.876. The van der Waals surface area contributed by atoms with Crippen LogP contribution >= 0.6 is 11.6 Å². The van der Waals surface area contributed by atoms with E-state index in [2.05, 4.69) is 15.3 Å². The zero-order valence-corrected chi connectivity index (χ0v) is 14.1. The van der Waals surface area contributed by atoms with Gasteiger partial charge in [-0.3, -0.25) is 4.79 Å². The van der Waals surface area contributed by atoms with Gasteiger partial charge >= 0.3 is 6.18 Å². The summed E-state index contributed by atoms with van der Waals surface area (Å²) in [5, 5.41) is 3.06. The summed E-state index contributed by atoms with van der Waals surface area (Å²) in [6, 6.07) is 6.38. The van der Waals surface area contributed by atoms with E-state index >= 15 is 0 Å². The van der Waals surface area contributed by atoms with Crippen molar-refractivity contribution < 1.29 is 22.7 Å². The van der Waals surface area contributed by atoms with E-state index in [9.17, 15) is 18.0 Å². The molecule has 0 bridgehead atoms. The second-order valence-corrected chi connectivity index (χ2v) is 5.93. The van der Waals surface area contributed by atoms with Crippen LogP contribution in [-0.4, -0.2) is 47.1 Å². The van der Waals surface area contributed by atoms with Gasteiger partial charge in [0, 0.05) is 30.0 Å². The number of benzene rings is 1. The molecule has 0 aliphatic carbocycles. The average molecular weight is 387 g/mol. The van der Waals surface area contributed by atoms with Crippen molar-refractivity contribution in [3.63, 3.8) is 0 Å². The van der Waals surface area contributed by atoms with Crippen molar-refractivity contribution in [3.05, 3.63) is 46.7 Å². The summed E-state index contributed by atoms with van der Waals surface area (Å²) >= 11 is 5.85. The number of hydrogen-bond donors (Lipinski definition) is 1. The molecule has 0 spiro atoms. The molecule has 0 unspecified atom stereocenters. The van der Waals surface area contributed by atoms with Gasteiger partial charge in [-0.1, -0.05) is 17.7 Å². The van der Waals surface area contributed by atoms with Crippen molar-refractivity contribution in [3.8, 4) is 0 Å². The highest BCUT2D eigenvalue weighted by Crippen LogP contribution is 2.32. The van der Waals surface area contributed by atoms with Crippen LogP contribution in [0.25, 0.3) is 0 Å². The molecule has 138 valence electrons. The molecule has 1 amide bonds. The van der Waals surface area contributed by atoms with Crippen LogP contribution in [0.15, 0.2) is 30.5 Å². The van der Waals surface area contributed by atoms with Crippen LogP contribution in [0.1, 0.15) is 16.1 Å². The van der Waals surface area contributed by atoms with Crippen molar-refractivity contribution >= 4 is 29.1 Å². The maximum Gasteiger partial charge on any atom is 0.434 e. The normalized spacial score (nSPS) is 15.0. The monoisotopic (exact) mass is 386 g/mol. The first-order valence-electron chi connectivity index (χ1n) is 7.68. The molecule has 10 heteroatoms. The number of alkyl halides is 3. The predicted octanol–water partition coefficient (Wildman–Crippen LogP) is 3.36. The minimum absolute atomic E-state index is 0.221. The number of morpholine rings is 1. The molecule has 6 nitrogen and oxygen atoms in total. The highest BCUT2D eigenvalue weighted by atomic mass is 35.5. The van der Waals surface area contributed by atoms with E-state index < -0.39 is 23.3 Å². The SMILES string of the molecule is O=C(c1cnc(Nc2cccc(Cl)c2)nc1C(F)(F)F)N1CCOCC1. The second-order valence-electron chi connectivity index (χ2n) is 5.49. The van der Waals surface area contributed by atoms with Crippen molar-refractivity contribution in [2.24, 2.45) is 0 Å². The third-order valence-electron chi connectivity index (χ3n) is 3.67. The van der Waals surface area contributed by atoms with E-state index in [0.717, 1.165) is 6.20 Å². The van der Waals surface area contributed by atoms with Crippen LogP contribution in [0, 0.1) is 0 Å². The molecule has 1 N–H and O–H groups in total. The number of carbonyl (C=O) groups is 1. The molecule has 1 fully saturated rings. The summed E-state index contributed by atoms with van der Waals surface area (Å²) in [6.45, 7) is 1.00. The van der Waals surface area contributed by atoms with Crippen LogP contribution in [-0.2, 0) is 10.9 Å². The molecular formula is C16H14ClF3N4O2. The Labute approximate surface area is 151 Å². The fraction of sp³-hybridized carbons (Fsp3) is 0.312. The largest absolute Gasteiger partial charge is 0.434 e. The first kappa shape index (κ1) is 18.4. The Morgan fingerprint density at radius 1 is 1.27 bits per heavy atom. The molecule has 1 aliphatic heterocycles. The van der Waals surface area contributed by atoms with E-state index in [1.54, 1.807) is 18.2 Å². The number of carbonyl (C=O) groups excluding carboxylic acids is 1. The number of ether oxygens (including phenoxy) is 1. The second kappa shape index (κ2) is 7.46. The van der Waals surface area contributed by atoms with Gasteiger partial charge in [0.2, 0.25) is 5.95 Å². The van der Waals surface area contributed by atoms with Gasteiger partial charge in [0.1, 0.15) is 0 Å². The van der Waals surface area contributed by atoms with Crippen molar-refractivity contribution in [1.82, 2.24) is 14.9 Å². The molecule has 1 saturated heterocycles. The fourth-order valence-corrected chi connectivity index (χ4v) is 2.64. The number of nitrogens with zero attached hydrogens (tertiary/aromatic N) is 3. The Morgan fingerprint density at radius 3 is 2.65 bits per heavy atom. The highest BCUT2D eigenvalue weighted by molar-refractivity contribution is 6.30. The summed E-state index contributed by atoms with van der Waals surface area (Å²) in [7, 11) is 0. The lowest BCUT2D eigenvalue weighted by molar-refractivity contribution is -0.141. The first-order chi connectivity index (χ1) is 12.3. The number of amides is 1. The van der Waals surface area contributed by atoms with Gasteiger partial charge in [-0.15, -0.1) is 0 Å². The lowest BCUT2D eigenvalue weighted by Gasteiger charge is -2.27. The molecule has 0 radical (unpaired) electrons.